The van der Waals surface area contributed by atoms with E-state index in [2.05, 4.69) is 20.4 Å². The molecule has 0 radical (unpaired) electrons. The quantitative estimate of drug-likeness (QED) is 0.491. The summed E-state index contributed by atoms with van der Waals surface area (Å²) in [6, 6.07) is 7.88. The highest BCUT2D eigenvalue weighted by Gasteiger charge is 2.28. The number of hydrogen-bond donors (Lipinski definition) is 1. The van der Waals surface area contributed by atoms with Gasteiger partial charge in [0.25, 0.3) is 5.91 Å². The highest BCUT2D eigenvalue weighted by atomic mass is 19.3. The smallest absolute Gasteiger partial charge is 0.387 e. The number of nitrogens with zero attached hydrogens (tertiary/aromatic N) is 4. The van der Waals surface area contributed by atoms with Gasteiger partial charge in [-0.15, -0.1) is 0 Å². The average molecular weight is 413 g/mol. The molecule has 1 aliphatic rings. The number of halogens is 2. The van der Waals surface area contributed by atoms with Gasteiger partial charge in [0, 0.05) is 18.7 Å². The van der Waals surface area contributed by atoms with Crippen LogP contribution in [0.3, 0.4) is 0 Å². The Labute approximate surface area is 171 Å². The Bertz CT molecular complexity index is 1130. The zero-order chi connectivity index (χ0) is 21.4. The van der Waals surface area contributed by atoms with Crippen LogP contribution in [0.25, 0.3) is 11.0 Å². The lowest BCUT2D eigenvalue weighted by atomic mass is 10.1. The molecule has 1 saturated carbocycles. The molecule has 7 nitrogen and oxygen atoms in total. The fourth-order valence-electron chi connectivity index (χ4n) is 3.37. The van der Waals surface area contributed by atoms with E-state index >= 15 is 0 Å². The van der Waals surface area contributed by atoms with Crippen molar-refractivity contribution in [3.8, 4) is 5.75 Å². The van der Waals surface area contributed by atoms with Crippen LogP contribution in [0, 0.1) is 6.92 Å². The number of pyridine rings is 1. The first-order chi connectivity index (χ1) is 14.3. The number of fused-ring (bicyclic) bond motifs is 1. The first kappa shape index (κ1) is 19.9. The first-order valence-corrected chi connectivity index (χ1v) is 9.57. The van der Waals surface area contributed by atoms with E-state index in [0.29, 0.717) is 33.8 Å². The van der Waals surface area contributed by atoms with Crippen molar-refractivity contribution in [3.05, 3.63) is 52.8 Å². The third kappa shape index (κ3) is 4.00. The minimum atomic E-state index is -2.88. The van der Waals surface area contributed by atoms with Crippen LogP contribution in [-0.4, -0.2) is 33.0 Å². The van der Waals surface area contributed by atoms with Gasteiger partial charge in [-0.25, -0.2) is 10.4 Å². The third-order valence-corrected chi connectivity index (χ3v) is 5.05. The zero-order valence-electron chi connectivity index (χ0n) is 16.8. The van der Waals surface area contributed by atoms with Gasteiger partial charge in [0.15, 0.2) is 5.65 Å². The number of nitrogens with one attached hydrogen (secondary N) is 1. The SMILES string of the molecule is C/C(=N\NC(=O)c1cc(C2CC2)nc2c1c(C)nn2C)c1ccc(OC(F)F)cc1. The van der Waals surface area contributed by atoms with E-state index in [9.17, 15) is 13.6 Å². The van der Waals surface area contributed by atoms with Crippen molar-refractivity contribution in [1.29, 1.82) is 0 Å². The Balaban J connectivity index is 1.58. The number of ether oxygens (including phenoxy) is 1. The molecule has 1 aliphatic carbocycles. The molecule has 0 unspecified atom stereocenters. The van der Waals surface area contributed by atoms with Crippen molar-refractivity contribution in [3.63, 3.8) is 0 Å². The molecule has 0 aliphatic heterocycles. The Morgan fingerprint density at radius 2 is 2.00 bits per heavy atom. The van der Waals surface area contributed by atoms with E-state index in [4.69, 9.17) is 4.98 Å². The molecule has 0 bridgehead atoms. The van der Waals surface area contributed by atoms with Gasteiger partial charge >= 0.3 is 6.61 Å². The molecule has 1 amide bonds. The number of alkyl halides is 2. The standard InChI is InChI=1S/C21H21F2N5O2/c1-11(13-6-8-15(9-7-13)30-21(22)23)25-26-20(29)16-10-17(14-4-5-14)24-19-18(16)12(2)27-28(19)3/h6-10,14,21H,4-5H2,1-3H3,(H,26,29)/b25-11+. The molecule has 3 aromatic rings. The second kappa shape index (κ2) is 7.81. The molecule has 9 heteroatoms. The van der Waals surface area contributed by atoms with Gasteiger partial charge < -0.3 is 4.74 Å². The fourth-order valence-corrected chi connectivity index (χ4v) is 3.37. The van der Waals surface area contributed by atoms with Gasteiger partial charge in [-0.2, -0.15) is 19.0 Å². The van der Waals surface area contributed by atoms with Gasteiger partial charge in [-0.1, -0.05) is 0 Å². The number of carbonyl (C=O) groups excluding carboxylic acids is 1. The van der Waals surface area contributed by atoms with E-state index < -0.39 is 6.61 Å². The molecule has 156 valence electrons. The Kier molecular flexibility index (Phi) is 5.19. The number of carbonyl (C=O) groups is 1. The van der Waals surface area contributed by atoms with Crippen LogP contribution in [-0.2, 0) is 7.05 Å². The second-order valence-electron chi connectivity index (χ2n) is 7.32. The van der Waals surface area contributed by atoms with Crippen LogP contribution in [0.5, 0.6) is 5.75 Å². The van der Waals surface area contributed by atoms with Gasteiger partial charge in [0.1, 0.15) is 5.75 Å². The minimum absolute atomic E-state index is 0.0596. The van der Waals surface area contributed by atoms with Crippen LogP contribution in [0.2, 0.25) is 0 Å². The molecular weight excluding hydrogens is 392 g/mol. The summed E-state index contributed by atoms with van der Waals surface area (Å²) in [5, 5.41) is 9.28. The maximum absolute atomic E-state index is 12.9. The molecule has 0 atom stereocenters. The molecule has 1 N–H and O–H groups in total. The maximum atomic E-state index is 12.9. The molecule has 30 heavy (non-hydrogen) atoms. The van der Waals surface area contributed by atoms with Gasteiger partial charge in [0.2, 0.25) is 0 Å². The summed E-state index contributed by atoms with van der Waals surface area (Å²) in [6.45, 7) is 0.685. The Morgan fingerprint density at radius 3 is 2.63 bits per heavy atom. The summed E-state index contributed by atoms with van der Waals surface area (Å²) >= 11 is 0. The topological polar surface area (TPSA) is 81.4 Å². The van der Waals surface area contributed by atoms with Crippen LogP contribution in [0.4, 0.5) is 8.78 Å². The highest BCUT2D eigenvalue weighted by Crippen LogP contribution is 2.40. The van der Waals surface area contributed by atoms with E-state index in [1.54, 1.807) is 23.7 Å². The number of hydrogen-bond acceptors (Lipinski definition) is 5. The van der Waals surface area contributed by atoms with Gasteiger partial charge in [-0.05, 0) is 62.6 Å². The number of rotatable bonds is 6. The van der Waals surface area contributed by atoms with Gasteiger partial charge in [-0.3, -0.25) is 9.48 Å². The normalized spacial score (nSPS) is 14.4. The number of benzene rings is 1. The third-order valence-electron chi connectivity index (χ3n) is 5.05. The Morgan fingerprint density at radius 1 is 1.30 bits per heavy atom. The highest BCUT2D eigenvalue weighted by molar-refractivity contribution is 6.07. The lowest BCUT2D eigenvalue weighted by molar-refractivity contribution is -0.0498. The summed E-state index contributed by atoms with van der Waals surface area (Å²) < 4.78 is 30.6. The predicted octanol–water partition coefficient (Wildman–Crippen LogP) is 3.91. The molecule has 4 rings (SSSR count). The van der Waals surface area contributed by atoms with Gasteiger partial charge in [0.05, 0.1) is 22.4 Å². The lowest BCUT2D eigenvalue weighted by Crippen LogP contribution is -2.20. The van der Waals surface area contributed by atoms with Crippen molar-refractivity contribution in [1.82, 2.24) is 20.2 Å². The molecule has 1 aromatic carbocycles. The van der Waals surface area contributed by atoms with Crippen LogP contribution < -0.4 is 10.2 Å². The number of amides is 1. The van der Waals surface area contributed by atoms with Crippen LogP contribution in [0.15, 0.2) is 35.4 Å². The number of hydrazone groups is 1. The molecular formula is C21H21F2N5O2. The van der Waals surface area contributed by atoms with Crippen molar-refractivity contribution in [2.45, 2.75) is 39.2 Å². The Hall–Kier alpha value is -3.36. The van der Waals surface area contributed by atoms with E-state index in [0.717, 1.165) is 24.2 Å². The molecule has 1 fully saturated rings. The molecule has 2 aromatic heterocycles. The lowest BCUT2D eigenvalue weighted by Gasteiger charge is -2.08. The summed E-state index contributed by atoms with van der Waals surface area (Å²) in [7, 11) is 1.81. The van der Waals surface area contributed by atoms with E-state index in [1.165, 1.54) is 12.1 Å². The largest absolute Gasteiger partial charge is 0.435 e. The summed E-state index contributed by atoms with van der Waals surface area (Å²) in [5.74, 6) is 0.0946. The van der Waals surface area contributed by atoms with Crippen molar-refractivity contribution >= 4 is 22.7 Å². The molecule has 0 saturated heterocycles. The fraction of sp³-hybridized carbons (Fsp3) is 0.333. The summed E-state index contributed by atoms with van der Waals surface area (Å²) in [4.78, 5) is 17.6. The summed E-state index contributed by atoms with van der Waals surface area (Å²) in [6.07, 6.45) is 2.14. The van der Waals surface area contributed by atoms with Crippen LogP contribution >= 0.6 is 0 Å². The average Bonchev–Trinajstić information content (AvgIpc) is 3.52. The predicted molar refractivity (Wildman–Crippen MR) is 108 cm³/mol. The molecule has 0 spiro atoms. The monoisotopic (exact) mass is 413 g/mol. The maximum Gasteiger partial charge on any atom is 0.387 e. The van der Waals surface area contributed by atoms with E-state index in [-0.39, 0.29) is 11.7 Å². The van der Waals surface area contributed by atoms with Crippen molar-refractivity contribution in [2.75, 3.05) is 0 Å². The zero-order valence-corrected chi connectivity index (χ0v) is 16.8. The minimum Gasteiger partial charge on any atom is -0.435 e. The molecule has 2 heterocycles. The summed E-state index contributed by atoms with van der Waals surface area (Å²) in [5.41, 5.74) is 6.58. The number of aryl methyl sites for hydroxylation is 2. The van der Waals surface area contributed by atoms with Crippen LogP contribution in [0.1, 0.15) is 53.0 Å². The van der Waals surface area contributed by atoms with E-state index in [1.807, 2.05) is 20.0 Å². The number of aromatic nitrogens is 3. The van der Waals surface area contributed by atoms with Crippen molar-refractivity contribution < 1.29 is 18.3 Å². The second-order valence-corrected chi connectivity index (χ2v) is 7.32. The first-order valence-electron chi connectivity index (χ1n) is 9.57. The van der Waals surface area contributed by atoms with Crippen molar-refractivity contribution in [2.24, 2.45) is 12.1 Å².